The molecule has 146 valence electrons. The van der Waals surface area contributed by atoms with E-state index < -0.39 is 0 Å². The first-order valence-corrected chi connectivity index (χ1v) is 10.7. The van der Waals surface area contributed by atoms with E-state index in [1.54, 1.807) is 0 Å². The zero-order valence-corrected chi connectivity index (χ0v) is 17.5. The van der Waals surface area contributed by atoms with Crippen LogP contribution in [0.4, 0.5) is 5.69 Å². The van der Waals surface area contributed by atoms with E-state index in [0.29, 0.717) is 12.0 Å². The van der Waals surface area contributed by atoms with Crippen molar-refractivity contribution in [1.29, 1.82) is 0 Å². The number of benzene rings is 1. The van der Waals surface area contributed by atoms with Crippen LogP contribution in [0, 0.1) is 11.8 Å². The molecule has 2 rings (SSSR count). The van der Waals surface area contributed by atoms with Crippen LogP contribution in [-0.2, 0) is 6.54 Å². The van der Waals surface area contributed by atoms with E-state index >= 15 is 0 Å². The Kier molecular flexibility index (Phi) is 7.99. The zero-order valence-electron chi connectivity index (χ0n) is 17.5. The molecule has 0 fully saturated rings. The fourth-order valence-corrected chi connectivity index (χ4v) is 3.70. The molecule has 3 nitrogen and oxygen atoms in total. The second kappa shape index (κ2) is 9.99. The summed E-state index contributed by atoms with van der Waals surface area (Å²) < 4.78 is 0. The van der Waals surface area contributed by atoms with Gasteiger partial charge in [0, 0.05) is 35.9 Å². The highest BCUT2D eigenvalue weighted by Gasteiger charge is 2.29. The third kappa shape index (κ3) is 5.25. The van der Waals surface area contributed by atoms with Crippen molar-refractivity contribution in [2.45, 2.75) is 85.7 Å². The lowest BCUT2D eigenvalue weighted by molar-refractivity contribution is 0.0774. The number of anilines is 1. The Morgan fingerprint density at radius 1 is 1.12 bits per heavy atom. The highest BCUT2D eigenvalue weighted by atomic mass is 16.2. The van der Waals surface area contributed by atoms with E-state index in [-0.39, 0.29) is 5.91 Å². The fraction of sp³-hybridized carbons (Fsp3) is 0.696. The lowest BCUT2D eigenvalue weighted by Gasteiger charge is -2.23. The first-order valence-electron chi connectivity index (χ1n) is 10.7. The summed E-state index contributed by atoms with van der Waals surface area (Å²) in [6.45, 7) is 13.0. The van der Waals surface area contributed by atoms with Crippen LogP contribution in [-0.4, -0.2) is 23.4 Å². The Hall–Kier alpha value is -1.51. The van der Waals surface area contributed by atoms with Crippen molar-refractivity contribution >= 4 is 11.6 Å². The van der Waals surface area contributed by atoms with Crippen LogP contribution >= 0.6 is 0 Å². The lowest BCUT2D eigenvalue weighted by Crippen LogP contribution is -2.25. The molecule has 1 aromatic carbocycles. The molecule has 0 bridgehead atoms. The molecule has 1 aliphatic rings. The number of hydrogen-bond acceptors (Lipinski definition) is 2. The highest BCUT2D eigenvalue weighted by molar-refractivity contribution is 6.00. The van der Waals surface area contributed by atoms with Gasteiger partial charge in [-0.3, -0.25) is 4.79 Å². The molecule has 0 aromatic heterocycles. The van der Waals surface area contributed by atoms with Crippen LogP contribution in [0.15, 0.2) is 18.2 Å². The lowest BCUT2D eigenvalue weighted by atomic mass is 9.96. The summed E-state index contributed by atoms with van der Waals surface area (Å²) in [5.74, 6) is 1.59. The van der Waals surface area contributed by atoms with Crippen LogP contribution in [0.25, 0.3) is 0 Å². The zero-order chi connectivity index (χ0) is 19.1. The minimum Gasteiger partial charge on any atom is -0.382 e. The third-order valence-electron chi connectivity index (χ3n) is 6.11. The normalized spacial score (nSPS) is 17.1. The van der Waals surface area contributed by atoms with Gasteiger partial charge in [0.25, 0.3) is 5.91 Å². The molecular formula is C23H38N2O. The average molecular weight is 359 g/mol. The first kappa shape index (κ1) is 20.8. The van der Waals surface area contributed by atoms with E-state index in [2.05, 4.69) is 46.0 Å². The number of rotatable bonds is 11. The third-order valence-corrected chi connectivity index (χ3v) is 6.11. The molecule has 1 aromatic rings. The van der Waals surface area contributed by atoms with Crippen LogP contribution in [0.5, 0.6) is 0 Å². The number of nitrogens with one attached hydrogen (secondary N) is 1. The van der Waals surface area contributed by atoms with Crippen molar-refractivity contribution in [3.63, 3.8) is 0 Å². The molecule has 1 amide bonds. The van der Waals surface area contributed by atoms with Gasteiger partial charge in [-0.2, -0.15) is 0 Å². The standard InChI is InChI=1S/C23H38N2O/c1-6-8-12-18(4)19(5)24-22-14-9-13-20-21(22)16-25(23(20)26)15-10-11-17(3)7-2/h9,13-14,17-19,24H,6-8,10-12,15-16H2,1-5H3. The molecule has 26 heavy (non-hydrogen) atoms. The summed E-state index contributed by atoms with van der Waals surface area (Å²) in [5, 5.41) is 3.70. The Balaban J connectivity index is 1.99. The monoisotopic (exact) mass is 358 g/mol. The summed E-state index contributed by atoms with van der Waals surface area (Å²) in [5.41, 5.74) is 3.23. The second-order valence-corrected chi connectivity index (χ2v) is 8.27. The van der Waals surface area contributed by atoms with E-state index in [0.717, 1.165) is 36.7 Å². The van der Waals surface area contributed by atoms with Gasteiger partial charge in [-0.15, -0.1) is 0 Å². The molecule has 0 aliphatic carbocycles. The molecule has 1 heterocycles. The maximum Gasteiger partial charge on any atom is 0.254 e. The van der Waals surface area contributed by atoms with Gasteiger partial charge >= 0.3 is 0 Å². The number of unbranched alkanes of at least 4 members (excludes halogenated alkanes) is 1. The number of hydrogen-bond donors (Lipinski definition) is 1. The SMILES string of the molecule is CCCCC(C)C(C)Nc1cccc2c1CN(CCCC(C)CC)C2=O. The van der Waals surface area contributed by atoms with Gasteiger partial charge in [0.2, 0.25) is 0 Å². The van der Waals surface area contributed by atoms with Crippen LogP contribution < -0.4 is 5.32 Å². The van der Waals surface area contributed by atoms with Crippen LogP contribution in [0.3, 0.4) is 0 Å². The van der Waals surface area contributed by atoms with Crippen molar-refractivity contribution in [2.24, 2.45) is 11.8 Å². The van der Waals surface area contributed by atoms with Gasteiger partial charge in [0.15, 0.2) is 0 Å². The maximum absolute atomic E-state index is 12.8. The summed E-state index contributed by atoms with van der Waals surface area (Å²) in [4.78, 5) is 14.8. The predicted octanol–water partition coefficient (Wildman–Crippen LogP) is 6.10. The molecule has 1 aliphatic heterocycles. The van der Waals surface area contributed by atoms with E-state index in [4.69, 9.17) is 0 Å². The fourth-order valence-electron chi connectivity index (χ4n) is 3.70. The van der Waals surface area contributed by atoms with Gasteiger partial charge in [0.1, 0.15) is 0 Å². The smallest absolute Gasteiger partial charge is 0.254 e. The minimum atomic E-state index is 0.208. The van der Waals surface area contributed by atoms with Crippen molar-refractivity contribution < 1.29 is 4.79 Å². The van der Waals surface area contributed by atoms with E-state index in [1.807, 2.05) is 17.0 Å². The van der Waals surface area contributed by atoms with E-state index in [1.165, 1.54) is 37.7 Å². The summed E-state index contributed by atoms with van der Waals surface area (Å²) in [6, 6.07) is 6.56. The van der Waals surface area contributed by atoms with Gasteiger partial charge in [-0.05, 0) is 50.2 Å². The summed E-state index contributed by atoms with van der Waals surface area (Å²) in [7, 11) is 0. The van der Waals surface area contributed by atoms with Gasteiger partial charge in [-0.25, -0.2) is 0 Å². The molecule has 3 unspecified atom stereocenters. The van der Waals surface area contributed by atoms with Crippen molar-refractivity contribution in [3.8, 4) is 0 Å². The number of carbonyl (C=O) groups is 1. The molecule has 1 N–H and O–H groups in total. The second-order valence-electron chi connectivity index (χ2n) is 8.27. The van der Waals surface area contributed by atoms with E-state index in [9.17, 15) is 4.79 Å². The quantitative estimate of drug-likeness (QED) is 0.518. The molecule has 3 atom stereocenters. The highest BCUT2D eigenvalue weighted by Crippen LogP contribution is 2.31. The number of carbonyl (C=O) groups excluding carboxylic acids is 1. The van der Waals surface area contributed by atoms with Crippen LogP contribution in [0.2, 0.25) is 0 Å². The Bertz CT molecular complexity index is 584. The van der Waals surface area contributed by atoms with Crippen LogP contribution in [0.1, 0.15) is 89.1 Å². The van der Waals surface area contributed by atoms with Gasteiger partial charge in [0.05, 0.1) is 0 Å². The number of nitrogens with zero attached hydrogens (tertiary/aromatic N) is 1. The number of fused-ring (bicyclic) bond motifs is 1. The molecule has 0 radical (unpaired) electrons. The Morgan fingerprint density at radius 2 is 1.88 bits per heavy atom. The molecule has 0 saturated heterocycles. The van der Waals surface area contributed by atoms with Crippen molar-refractivity contribution in [3.05, 3.63) is 29.3 Å². The topological polar surface area (TPSA) is 32.3 Å². The summed E-state index contributed by atoms with van der Waals surface area (Å²) >= 11 is 0. The molecular weight excluding hydrogens is 320 g/mol. The number of amides is 1. The van der Waals surface area contributed by atoms with Crippen molar-refractivity contribution in [2.75, 3.05) is 11.9 Å². The predicted molar refractivity (Wildman–Crippen MR) is 112 cm³/mol. The Labute approximate surface area is 160 Å². The molecule has 3 heteroatoms. The first-order chi connectivity index (χ1) is 12.5. The molecule has 0 spiro atoms. The van der Waals surface area contributed by atoms with Gasteiger partial charge < -0.3 is 10.2 Å². The van der Waals surface area contributed by atoms with Crippen molar-refractivity contribution in [1.82, 2.24) is 4.90 Å². The maximum atomic E-state index is 12.8. The molecule has 0 saturated carbocycles. The summed E-state index contributed by atoms with van der Waals surface area (Å²) in [6.07, 6.45) is 7.30. The Morgan fingerprint density at radius 3 is 2.58 bits per heavy atom. The average Bonchev–Trinajstić information content (AvgIpc) is 2.96. The largest absolute Gasteiger partial charge is 0.382 e. The minimum absolute atomic E-state index is 0.208. The van der Waals surface area contributed by atoms with Gasteiger partial charge in [-0.1, -0.05) is 53.0 Å².